The molecule has 1 aromatic rings. The van der Waals surface area contributed by atoms with Crippen LogP contribution in [-0.4, -0.2) is 23.9 Å². The fourth-order valence-electron chi connectivity index (χ4n) is 2.29. The van der Waals surface area contributed by atoms with Crippen molar-refractivity contribution in [1.82, 2.24) is 4.90 Å². The zero-order chi connectivity index (χ0) is 13.3. The van der Waals surface area contributed by atoms with Crippen LogP contribution in [0.4, 0.5) is 14.5 Å². The van der Waals surface area contributed by atoms with E-state index in [-0.39, 0.29) is 17.2 Å². The molecule has 0 bridgehead atoms. The first-order valence-corrected chi connectivity index (χ1v) is 6.03. The largest absolute Gasteiger partial charge is 0.398 e. The molecular weight excluding hydrogens is 238 g/mol. The molecule has 1 heterocycles. The van der Waals surface area contributed by atoms with Gasteiger partial charge >= 0.3 is 0 Å². The second kappa shape index (κ2) is 4.92. The lowest BCUT2D eigenvalue weighted by molar-refractivity contribution is 0.0683. The maximum Gasteiger partial charge on any atom is 0.256 e. The Balaban J connectivity index is 2.25. The number of rotatable bonds is 1. The van der Waals surface area contributed by atoms with Gasteiger partial charge in [-0.2, -0.15) is 0 Å². The Morgan fingerprint density at radius 3 is 2.72 bits per heavy atom. The molecule has 1 aromatic carbocycles. The van der Waals surface area contributed by atoms with Crippen molar-refractivity contribution in [3.63, 3.8) is 0 Å². The summed E-state index contributed by atoms with van der Waals surface area (Å²) in [6, 6.07) is 1.74. The summed E-state index contributed by atoms with van der Waals surface area (Å²) in [6.07, 6.45) is 2.01. The van der Waals surface area contributed by atoms with Crippen LogP contribution < -0.4 is 5.73 Å². The van der Waals surface area contributed by atoms with Crippen LogP contribution in [-0.2, 0) is 0 Å². The Morgan fingerprint density at radius 1 is 1.39 bits per heavy atom. The molecule has 0 aromatic heterocycles. The number of amides is 1. The zero-order valence-corrected chi connectivity index (χ0v) is 10.2. The van der Waals surface area contributed by atoms with E-state index in [1.165, 1.54) is 0 Å². The van der Waals surface area contributed by atoms with Crippen molar-refractivity contribution in [2.45, 2.75) is 19.8 Å². The van der Waals surface area contributed by atoms with Crippen LogP contribution in [0.5, 0.6) is 0 Å². The summed E-state index contributed by atoms with van der Waals surface area (Å²) in [5, 5.41) is 0. The minimum atomic E-state index is -1.04. The summed E-state index contributed by atoms with van der Waals surface area (Å²) >= 11 is 0. The number of nitrogen functional groups attached to an aromatic ring is 1. The summed E-state index contributed by atoms with van der Waals surface area (Å²) in [5.41, 5.74) is 5.61. The van der Waals surface area contributed by atoms with Crippen molar-refractivity contribution in [3.8, 4) is 0 Å². The number of hydrogen-bond acceptors (Lipinski definition) is 2. The Kier molecular flexibility index (Phi) is 3.50. The molecular formula is C13H16F2N2O. The number of carbonyl (C=O) groups excluding carboxylic acids is 1. The summed E-state index contributed by atoms with van der Waals surface area (Å²) in [5.74, 6) is -1.97. The molecule has 1 saturated heterocycles. The van der Waals surface area contributed by atoms with Crippen LogP contribution in [0.1, 0.15) is 30.1 Å². The lowest BCUT2D eigenvalue weighted by Gasteiger charge is -2.31. The summed E-state index contributed by atoms with van der Waals surface area (Å²) < 4.78 is 26.1. The first kappa shape index (κ1) is 12.8. The van der Waals surface area contributed by atoms with Crippen LogP contribution in [0.15, 0.2) is 12.1 Å². The van der Waals surface area contributed by atoms with E-state index in [4.69, 9.17) is 5.73 Å². The quantitative estimate of drug-likeness (QED) is 0.782. The third-order valence-electron chi connectivity index (χ3n) is 3.27. The van der Waals surface area contributed by atoms with Crippen LogP contribution in [0.2, 0.25) is 0 Å². The molecule has 5 heteroatoms. The number of benzene rings is 1. The maximum absolute atomic E-state index is 13.2. The predicted octanol–water partition coefficient (Wildman–Crippen LogP) is 2.42. The third kappa shape index (κ3) is 2.44. The number of likely N-dealkylation sites (tertiary alicyclic amines) is 1. The van der Waals surface area contributed by atoms with Gasteiger partial charge in [-0.05, 0) is 24.8 Å². The highest BCUT2D eigenvalue weighted by Crippen LogP contribution is 2.22. The molecule has 1 fully saturated rings. The van der Waals surface area contributed by atoms with Crippen molar-refractivity contribution in [1.29, 1.82) is 0 Å². The number of nitrogens with zero attached hydrogens (tertiary/aromatic N) is 1. The van der Waals surface area contributed by atoms with E-state index in [9.17, 15) is 13.6 Å². The van der Waals surface area contributed by atoms with Gasteiger partial charge in [-0.3, -0.25) is 4.79 Å². The molecule has 0 saturated carbocycles. The van der Waals surface area contributed by atoms with Gasteiger partial charge in [0, 0.05) is 24.8 Å². The van der Waals surface area contributed by atoms with Crippen LogP contribution in [0.25, 0.3) is 0 Å². The van der Waals surface area contributed by atoms with Crippen LogP contribution >= 0.6 is 0 Å². The Bertz CT molecular complexity index is 476. The van der Waals surface area contributed by atoms with Gasteiger partial charge < -0.3 is 10.6 Å². The molecule has 0 aliphatic carbocycles. The second-order valence-electron chi connectivity index (χ2n) is 4.85. The Morgan fingerprint density at radius 2 is 2.06 bits per heavy atom. The summed E-state index contributed by atoms with van der Waals surface area (Å²) in [4.78, 5) is 13.8. The standard InChI is InChI=1S/C13H16F2N2O/c1-8-3-2-4-17(7-8)13(18)9-5-10(14)11(15)6-12(9)16/h5-6,8H,2-4,7,16H2,1H3. The lowest BCUT2D eigenvalue weighted by Crippen LogP contribution is -2.39. The fraction of sp³-hybridized carbons (Fsp3) is 0.462. The van der Waals surface area contributed by atoms with E-state index >= 15 is 0 Å². The zero-order valence-electron chi connectivity index (χ0n) is 10.2. The second-order valence-corrected chi connectivity index (χ2v) is 4.85. The highest BCUT2D eigenvalue weighted by Gasteiger charge is 2.24. The number of nitrogens with two attached hydrogens (primary N) is 1. The number of anilines is 1. The van der Waals surface area contributed by atoms with E-state index < -0.39 is 11.6 Å². The Labute approximate surface area is 105 Å². The van der Waals surface area contributed by atoms with Gasteiger partial charge in [0.2, 0.25) is 0 Å². The number of piperidine rings is 1. The van der Waals surface area contributed by atoms with Gasteiger partial charge in [0.15, 0.2) is 11.6 Å². The topological polar surface area (TPSA) is 46.3 Å². The predicted molar refractivity (Wildman–Crippen MR) is 65.1 cm³/mol. The minimum Gasteiger partial charge on any atom is -0.398 e. The third-order valence-corrected chi connectivity index (χ3v) is 3.27. The van der Waals surface area contributed by atoms with Gasteiger partial charge in [-0.15, -0.1) is 0 Å². The van der Waals surface area contributed by atoms with Crippen molar-refractivity contribution in [2.75, 3.05) is 18.8 Å². The molecule has 2 rings (SSSR count). The molecule has 1 atom stereocenters. The molecule has 1 aliphatic heterocycles. The average molecular weight is 254 g/mol. The van der Waals surface area contributed by atoms with Gasteiger partial charge in [-0.25, -0.2) is 8.78 Å². The summed E-state index contributed by atoms with van der Waals surface area (Å²) in [7, 11) is 0. The van der Waals surface area contributed by atoms with E-state index in [1.807, 2.05) is 0 Å². The van der Waals surface area contributed by atoms with Crippen molar-refractivity contribution in [2.24, 2.45) is 5.92 Å². The SMILES string of the molecule is CC1CCCN(C(=O)c2cc(F)c(F)cc2N)C1. The Hall–Kier alpha value is -1.65. The number of hydrogen-bond donors (Lipinski definition) is 1. The summed E-state index contributed by atoms with van der Waals surface area (Å²) in [6.45, 7) is 3.34. The molecule has 18 heavy (non-hydrogen) atoms. The smallest absolute Gasteiger partial charge is 0.256 e. The van der Waals surface area contributed by atoms with Crippen molar-refractivity contribution in [3.05, 3.63) is 29.3 Å². The van der Waals surface area contributed by atoms with Crippen LogP contribution in [0, 0.1) is 17.6 Å². The molecule has 1 unspecified atom stereocenters. The highest BCUT2D eigenvalue weighted by atomic mass is 19.2. The van der Waals surface area contributed by atoms with E-state index in [1.54, 1.807) is 4.90 Å². The van der Waals surface area contributed by atoms with E-state index in [0.29, 0.717) is 19.0 Å². The van der Waals surface area contributed by atoms with Gasteiger partial charge in [0.1, 0.15) is 0 Å². The average Bonchev–Trinajstić information content (AvgIpc) is 2.33. The van der Waals surface area contributed by atoms with Crippen molar-refractivity contribution < 1.29 is 13.6 Å². The maximum atomic E-state index is 13.2. The molecule has 1 amide bonds. The van der Waals surface area contributed by atoms with Crippen molar-refractivity contribution >= 4 is 11.6 Å². The van der Waals surface area contributed by atoms with Crippen LogP contribution in [0.3, 0.4) is 0 Å². The first-order chi connectivity index (χ1) is 8.49. The van der Waals surface area contributed by atoms with E-state index in [2.05, 4.69) is 6.92 Å². The normalized spacial score (nSPS) is 19.9. The minimum absolute atomic E-state index is 0.0165. The van der Waals surface area contributed by atoms with Gasteiger partial charge in [0.25, 0.3) is 5.91 Å². The van der Waals surface area contributed by atoms with Gasteiger partial charge in [-0.1, -0.05) is 6.92 Å². The molecule has 0 spiro atoms. The molecule has 3 nitrogen and oxygen atoms in total. The first-order valence-electron chi connectivity index (χ1n) is 6.03. The molecule has 2 N–H and O–H groups in total. The molecule has 0 radical (unpaired) electrons. The molecule has 1 aliphatic rings. The molecule has 98 valence electrons. The lowest BCUT2D eigenvalue weighted by atomic mass is 9.99. The monoisotopic (exact) mass is 254 g/mol. The number of carbonyl (C=O) groups is 1. The van der Waals surface area contributed by atoms with Gasteiger partial charge in [0.05, 0.1) is 5.56 Å². The number of halogens is 2. The van der Waals surface area contributed by atoms with E-state index in [0.717, 1.165) is 25.0 Å². The highest BCUT2D eigenvalue weighted by molar-refractivity contribution is 5.99. The fourth-order valence-corrected chi connectivity index (χ4v) is 2.29.